The zero-order chi connectivity index (χ0) is 17.6. The van der Waals surface area contributed by atoms with Gasteiger partial charge in [-0.3, -0.25) is 9.36 Å². The molecule has 0 atom stereocenters. The van der Waals surface area contributed by atoms with E-state index in [0.717, 1.165) is 0 Å². The number of hydrogen-bond acceptors (Lipinski definition) is 5. The largest absolute Gasteiger partial charge is 0.465 e. The number of ether oxygens (including phenoxy) is 1. The fraction of sp³-hybridized carbons (Fsp3) is 0.0588. The summed E-state index contributed by atoms with van der Waals surface area (Å²) in [6.07, 6.45) is 4.24. The molecule has 3 aromatic heterocycles. The van der Waals surface area contributed by atoms with Gasteiger partial charge in [0.05, 0.1) is 29.9 Å². The first-order chi connectivity index (χ1) is 12.1. The average Bonchev–Trinajstić information content (AvgIpc) is 3.06. The number of benzene rings is 1. The molecule has 0 bridgehead atoms. The third-order valence-electron chi connectivity index (χ3n) is 3.89. The lowest BCUT2D eigenvalue weighted by Crippen LogP contribution is -2.19. The normalized spacial score (nSPS) is 11.1. The molecule has 0 fully saturated rings. The Hall–Kier alpha value is -3.55. The molecule has 0 saturated heterocycles. The molecule has 0 N–H and O–H groups in total. The number of pyridine rings is 1. The van der Waals surface area contributed by atoms with Crippen LogP contribution in [0.3, 0.4) is 0 Å². The third-order valence-corrected chi connectivity index (χ3v) is 3.89. The van der Waals surface area contributed by atoms with Crippen LogP contribution in [0.25, 0.3) is 22.2 Å². The van der Waals surface area contributed by atoms with Crippen LogP contribution in [-0.2, 0) is 4.74 Å². The van der Waals surface area contributed by atoms with E-state index in [9.17, 15) is 14.0 Å². The number of aromatic nitrogens is 4. The maximum atomic E-state index is 13.4. The highest BCUT2D eigenvalue weighted by Gasteiger charge is 2.17. The number of rotatable bonds is 2. The molecule has 4 aromatic rings. The van der Waals surface area contributed by atoms with Crippen LogP contribution in [-0.4, -0.2) is 32.2 Å². The molecule has 0 aliphatic carbocycles. The predicted octanol–water partition coefficient (Wildman–Crippen LogP) is 1.96. The fourth-order valence-corrected chi connectivity index (χ4v) is 2.70. The standard InChI is InChI=1S/C17H11FN4O3/c1-25-17(24)13-9-20-22-14-5-6-21(11-4-2-3-10(18)7-11)16(23)12(14)8-19-15(13)22/h2-9H,1H3. The summed E-state index contributed by atoms with van der Waals surface area (Å²) in [6, 6.07) is 7.38. The van der Waals surface area contributed by atoms with E-state index in [1.165, 1.54) is 53.0 Å². The zero-order valence-corrected chi connectivity index (χ0v) is 13.0. The number of carbonyl (C=O) groups is 1. The summed E-state index contributed by atoms with van der Waals surface area (Å²) in [7, 11) is 1.27. The van der Waals surface area contributed by atoms with E-state index in [1.807, 2.05) is 0 Å². The Morgan fingerprint density at radius 1 is 1.24 bits per heavy atom. The Bertz CT molecular complexity index is 1200. The number of carbonyl (C=O) groups excluding carboxylic acids is 1. The summed E-state index contributed by atoms with van der Waals surface area (Å²) in [5, 5.41) is 4.41. The van der Waals surface area contributed by atoms with Gasteiger partial charge in [-0.05, 0) is 24.3 Å². The molecular weight excluding hydrogens is 327 g/mol. The van der Waals surface area contributed by atoms with Crippen molar-refractivity contribution in [3.8, 4) is 5.69 Å². The molecule has 1 aromatic carbocycles. The summed E-state index contributed by atoms with van der Waals surface area (Å²) in [5.74, 6) is -0.997. The quantitative estimate of drug-likeness (QED) is 0.522. The van der Waals surface area contributed by atoms with Crippen LogP contribution < -0.4 is 5.56 Å². The van der Waals surface area contributed by atoms with Crippen LogP contribution >= 0.6 is 0 Å². The molecule has 0 aliphatic rings. The fourth-order valence-electron chi connectivity index (χ4n) is 2.70. The van der Waals surface area contributed by atoms with Gasteiger partial charge in [0.2, 0.25) is 0 Å². The monoisotopic (exact) mass is 338 g/mol. The first kappa shape index (κ1) is 15.0. The molecule has 0 unspecified atom stereocenters. The predicted molar refractivity (Wildman–Crippen MR) is 87.4 cm³/mol. The molecule has 0 spiro atoms. The smallest absolute Gasteiger partial charge is 0.343 e. The number of methoxy groups -OCH3 is 1. The Labute approximate surface area is 139 Å². The molecule has 3 heterocycles. The Morgan fingerprint density at radius 3 is 2.84 bits per heavy atom. The Balaban J connectivity index is 1.98. The third kappa shape index (κ3) is 2.26. The molecule has 0 aliphatic heterocycles. The van der Waals surface area contributed by atoms with Gasteiger partial charge in [0.25, 0.3) is 5.56 Å². The van der Waals surface area contributed by atoms with E-state index < -0.39 is 11.8 Å². The van der Waals surface area contributed by atoms with Gasteiger partial charge < -0.3 is 4.74 Å². The Morgan fingerprint density at radius 2 is 2.08 bits per heavy atom. The van der Waals surface area contributed by atoms with Crippen molar-refractivity contribution in [1.29, 1.82) is 0 Å². The molecule has 25 heavy (non-hydrogen) atoms. The van der Waals surface area contributed by atoms with Crippen molar-refractivity contribution in [2.24, 2.45) is 0 Å². The highest BCUT2D eigenvalue weighted by atomic mass is 19.1. The number of hydrogen-bond donors (Lipinski definition) is 0. The topological polar surface area (TPSA) is 78.5 Å². The number of nitrogens with zero attached hydrogens (tertiary/aromatic N) is 4. The highest BCUT2D eigenvalue weighted by molar-refractivity contribution is 5.96. The SMILES string of the molecule is COC(=O)c1cnn2c1ncc1c(=O)n(-c3cccc(F)c3)ccc12. The summed E-state index contributed by atoms with van der Waals surface area (Å²) >= 11 is 0. The van der Waals surface area contributed by atoms with Crippen molar-refractivity contribution in [3.05, 3.63) is 70.7 Å². The maximum absolute atomic E-state index is 13.4. The lowest BCUT2D eigenvalue weighted by atomic mass is 10.2. The van der Waals surface area contributed by atoms with Gasteiger partial charge in [-0.15, -0.1) is 0 Å². The van der Waals surface area contributed by atoms with Crippen molar-refractivity contribution in [2.45, 2.75) is 0 Å². The van der Waals surface area contributed by atoms with Gasteiger partial charge in [0, 0.05) is 12.4 Å². The van der Waals surface area contributed by atoms with Crippen LogP contribution in [0.1, 0.15) is 10.4 Å². The maximum Gasteiger partial charge on any atom is 0.343 e. The molecular formula is C17H11FN4O3. The molecule has 0 radical (unpaired) electrons. The molecule has 124 valence electrons. The first-order valence-corrected chi connectivity index (χ1v) is 7.32. The minimum Gasteiger partial charge on any atom is -0.465 e. The van der Waals surface area contributed by atoms with Gasteiger partial charge in [-0.2, -0.15) is 5.10 Å². The van der Waals surface area contributed by atoms with Crippen LogP contribution in [0.15, 0.2) is 53.7 Å². The second kappa shape index (κ2) is 5.52. The van der Waals surface area contributed by atoms with Crippen molar-refractivity contribution in [1.82, 2.24) is 19.2 Å². The van der Waals surface area contributed by atoms with E-state index in [2.05, 4.69) is 10.1 Å². The van der Waals surface area contributed by atoms with Gasteiger partial charge in [0.15, 0.2) is 5.65 Å². The number of halogens is 1. The van der Waals surface area contributed by atoms with E-state index in [-0.39, 0.29) is 11.1 Å². The summed E-state index contributed by atoms with van der Waals surface area (Å²) in [4.78, 5) is 28.7. The minimum atomic E-state index is -0.560. The molecule has 8 heteroatoms. The summed E-state index contributed by atoms with van der Waals surface area (Å²) < 4.78 is 20.9. The van der Waals surface area contributed by atoms with E-state index in [1.54, 1.807) is 12.1 Å². The second-order valence-corrected chi connectivity index (χ2v) is 5.31. The van der Waals surface area contributed by atoms with Crippen LogP contribution in [0, 0.1) is 5.82 Å². The molecule has 4 rings (SSSR count). The molecule has 0 saturated carbocycles. The van der Waals surface area contributed by atoms with E-state index >= 15 is 0 Å². The first-order valence-electron chi connectivity index (χ1n) is 7.32. The van der Waals surface area contributed by atoms with Crippen LogP contribution in [0.4, 0.5) is 4.39 Å². The van der Waals surface area contributed by atoms with Crippen molar-refractivity contribution in [3.63, 3.8) is 0 Å². The average molecular weight is 338 g/mol. The summed E-state index contributed by atoms with van der Waals surface area (Å²) in [5.41, 5.74) is 1.02. The van der Waals surface area contributed by atoms with Crippen molar-refractivity contribution >= 4 is 22.5 Å². The zero-order valence-electron chi connectivity index (χ0n) is 13.0. The number of esters is 1. The molecule has 0 amide bonds. The van der Waals surface area contributed by atoms with E-state index in [4.69, 9.17) is 4.74 Å². The van der Waals surface area contributed by atoms with Gasteiger partial charge in [-0.25, -0.2) is 18.7 Å². The van der Waals surface area contributed by atoms with Crippen LogP contribution in [0.5, 0.6) is 0 Å². The van der Waals surface area contributed by atoms with Gasteiger partial charge in [0.1, 0.15) is 11.4 Å². The van der Waals surface area contributed by atoms with Gasteiger partial charge >= 0.3 is 5.97 Å². The lowest BCUT2D eigenvalue weighted by molar-refractivity contribution is 0.0602. The Kier molecular flexibility index (Phi) is 3.31. The van der Waals surface area contributed by atoms with Crippen molar-refractivity contribution < 1.29 is 13.9 Å². The van der Waals surface area contributed by atoms with Gasteiger partial charge in [-0.1, -0.05) is 6.07 Å². The lowest BCUT2D eigenvalue weighted by Gasteiger charge is -2.08. The number of fused-ring (bicyclic) bond motifs is 3. The second-order valence-electron chi connectivity index (χ2n) is 5.31. The molecule has 7 nitrogen and oxygen atoms in total. The summed E-state index contributed by atoms with van der Waals surface area (Å²) in [6.45, 7) is 0. The minimum absolute atomic E-state index is 0.207. The van der Waals surface area contributed by atoms with Crippen molar-refractivity contribution in [2.75, 3.05) is 7.11 Å². The highest BCUT2D eigenvalue weighted by Crippen LogP contribution is 2.16. The van der Waals surface area contributed by atoms with Crippen LogP contribution in [0.2, 0.25) is 0 Å². The van der Waals surface area contributed by atoms with E-state index in [0.29, 0.717) is 22.2 Å².